The zero-order valence-corrected chi connectivity index (χ0v) is 17.8. The van der Waals surface area contributed by atoms with E-state index in [1.165, 1.54) is 0 Å². The molecule has 6 heteroatoms. The van der Waals surface area contributed by atoms with Crippen molar-refractivity contribution in [2.75, 3.05) is 5.75 Å². The molecule has 1 atom stereocenters. The van der Waals surface area contributed by atoms with Gasteiger partial charge < -0.3 is 15.1 Å². The Hall–Kier alpha value is -2.83. The van der Waals surface area contributed by atoms with Crippen LogP contribution in [0.15, 0.2) is 72.0 Å². The number of aromatic nitrogens is 4. The highest BCUT2D eigenvalue weighted by Crippen LogP contribution is 2.32. The molecule has 0 aliphatic carbocycles. The summed E-state index contributed by atoms with van der Waals surface area (Å²) in [5.74, 6) is 1.60. The Bertz CT molecular complexity index is 1000. The van der Waals surface area contributed by atoms with E-state index in [4.69, 9.17) is 4.98 Å². The lowest BCUT2D eigenvalue weighted by Crippen LogP contribution is -2.00. The van der Waals surface area contributed by atoms with Crippen molar-refractivity contribution >= 4 is 11.8 Å². The summed E-state index contributed by atoms with van der Waals surface area (Å²) in [6, 6.07) is 20.6. The van der Waals surface area contributed by atoms with E-state index in [9.17, 15) is 5.11 Å². The molecule has 154 valence electrons. The summed E-state index contributed by atoms with van der Waals surface area (Å²) in [7, 11) is 0. The summed E-state index contributed by atoms with van der Waals surface area (Å²) in [4.78, 5) is 15.7. The molecule has 0 saturated carbocycles. The van der Waals surface area contributed by atoms with Crippen LogP contribution in [-0.2, 0) is 0 Å². The van der Waals surface area contributed by atoms with Gasteiger partial charge in [-0.05, 0) is 26.2 Å². The molecule has 3 N–H and O–H groups in total. The van der Waals surface area contributed by atoms with Crippen molar-refractivity contribution in [2.24, 2.45) is 0 Å². The lowest BCUT2D eigenvalue weighted by atomic mass is 10.1. The summed E-state index contributed by atoms with van der Waals surface area (Å²) in [5, 5.41) is 11.1. The number of aryl methyl sites for hydroxylation is 1. The smallest absolute Gasteiger partial charge is 0.166 e. The summed E-state index contributed by atoms with van der Waals surface area (Å²) >= 11 is 1.72. The Morgan fingerprint density at radius 1 is 0.933 bits per heavy atom. The van der Waals surface area contributed by atoms with Crippen molar-refractivity contribution in [1.82, 2.24) is 19.9 Å². The van der Waals surface area contributed by atoms with E-state index in [0.717, 1.165) is 52.0 Å². The van der Waals surface area contributed by atoms with Gasteiger partial charge in [0.1, 0.15) is 11.9 Å². The number of aromatic amines is 2. The molecule has 4 aromatic rings. The predicted octanol–water partition coefficient (Wildman–Crippen LogP) is 5.77. The standard InChI is InChI=1S/C24H26N4OS/c1-17-16-25-23(26-17)20(29)14-8-9-15-30-24-27-21(18-10-4-2-5-11-18)22(28-24)19-12-6-3-7-13-19/h2-7,10-13,16,20,29H,8-9,14-15H2,1H3,(H,25,26)(H,27,28). The number of thioether (sulfide) groups is 1. The number of aliphatic hydroxyl groups is 1. The van der Waals surface area contributed by atoms with Crippen LogP contribution in [0.5, 0.6) is 0 Å². The Balaban J connectivity index is 1.38. The van der Waals surface area contributed by atoms with Gasteiger partial charge in [-0.25, -0.2) is 9.97 Å². The van der Waals surface area contributed by atoms with Crippen LogP contribution in [0.3, 0.4) is 0 Å². The SMILES string of the molecule is Cc1cnc(C(O)CCCCSc2nc(-c3ccccc3)c(-c3ccccc3)[nH]2)[nH]1. The molecule has 30 heavy (non-hydrogen) atoms. The van der Waals surface area contributed by atoms with Crippen molar-refractivity contribution in [3.8, 4) is 22.5 Å². The molecule has 0 saturated heterocycles. The van der Waals surface area contributed by atoms with E-state index in [-0.39, 0.29) is 0 Å². The number of benzene rings is 2. The van der Waals surface area contributed by atoms with Gasteiger partial charge in [0.25, 0.3) is 0 Å². The minimum Gasteiger partial charge on any atom is -0.385 e. The lowest BCUT2D eigenvalue weighted by molar-refractivity contribution is 0.155. The fraction of sp³-hybridized carbons (Fsp3) is 0.250. The largest absolute Gasteiger partial charge is 0.385 e. The number of nitrogens with zero attached hydrogens (tertiary/aromatic N) is 2. The van der Waals surface area contributed by atoms with E-state index in [0.29, 0.717) is 12.2 Å². The van der Waals surface area contributed by atoms with Gasteiger partial charge in [-0.15, -0.1) is 0 Å². The van der Waals surface area contributed by atoms with E-state index in [1.54, 1.807) is 18.0 Å². The van der Waals surface area contributed by atoms with E-state index in [1.807, 2.05) is 43.3 Å². The number of rotatable bonds is 9. The number of imidazole rings is 2. The second-order valence-electron chi connectivity index (χ2n) is 7.31. The first kappa shape index (κ1) is 20.4. The lowest BCUT2D eigenvalue weighted by Gasteiger charge is -2.07. The monoisotopic (exact) mass is 418 g/mol. The maximum absolute atomic E-state index is 10.2. The molecule has 5 nitrogen and oxygen atoms in total. The molecule has 0 bridgehead atoms. The van der Waals surface area contributed by atoms with E-state index >= 15 is 0 Å². The Kier molecular flexibility index (Phi) is 6.67. The predicted molar refractivity (Wildman–Crippen MR) is 122 cm³/mol. The number of nitrogens with one attached hydrogen (secondary N) is 2. The highest BCUT2D eigenvalue weighted by molar-refractivity contribution is 7.99. The van der Waals surface area contributed by atoms with Crippen LogP contribution in [0.2, 0.25) is 0 Å². The van der Waals surface area contributed by atoms with Gasteiger partial charge in [0.15, 0.2) is 5.16 Å². The van der Waals surface area contributed by atoms with Crippen molar-refractivity contribution < 1.29 is 5.11 Å². The van der Waals surface area contributed by atoms with Crippen LogP contribution < -0.4 is 0 Å². The quantitative estimate of drug-likeness (QED) is 0.238. The molecule has 0 amide bonds. The highest BCUT2D eigenvalue weighted by atomic mass is 32.2. The van der Waals surface area contributed by atoms with E-state index in [2.05, 4.69) is 39.2 Å². The Morgan fingerprint density at radius 3 is 2.30 bits per heavy atom. The molecule has 0 spiro atoms. The molecule has 1 unspecified atom stereocenters. The van der Waals surface area contributed by atoms with Gasteiger partial charge in [-0.3, -0.25) is 0 Å². The van der Waals surface area contributed by atoms with Crippen molar-refractivity contribution in [1.29, 1.82) is 0 Å². The second kappa shape index (κ2) is 9.78. The molecular formula is C24H26N4OS. The third-order valence-electron chi connectivity index (χ3n) is 4.94. The fourth-order valence-electron chi connectivity index (χ4n) is 3.39. The molecule has 2 aromatic heterocycles. The van der Waals surface area contributed by atoms with Gasteiger partial charge in [0, 0.05) is 28.8 Å². The second-order valence-corrected chi connectivity index (χ2v) is 8.39. The third kappa shape index (κ3) is 5.01. The van der Waals surface area contributed by atoms with Gasteiger partial charge in [-0.2, -0.15) is 0 Å². The Morgan fingerprint density at radius 2 is 1.63 bits per heavy atom. The first-order valence-corrected chi connectivity index (χ1v) is 11.2. The minimum atomic E-state index is -0.526. The maximum Gasteiger partial charge on any atom is 0.166 e. The molecular weight excluding hydrogens is 392 g/mol. The minimum absolute atomic E-state index is 0.526. The molecule has 2 heterocycles. The zero-order chi connectivity index (χ0) is 20.8. The maximum atomic E-state index is 10.2. The van der Waals surface area contributed by atoms with Gasteiger partial charge in [-0.1, -0.05) is 72.4 Å². The molecule has 4 rings (SSSR count). The van der Waals surface area contributed by atoms with Crippen LogP contribution in [0.1, 0.15) is 36.9 Å². The van der Waals surface area contributed by atoms with Crippen LogP contribution in [0.4, 0.5) is 0 Å². The van der Waals surface area contributed by atoms with Gasteiger partial charge in [0.2, 0.25) is 0 Å². The summed E-state index contributed by atoms with van der Waals surface area (Å²) in [6.07, 6.45) is 3.87. The number of unbranched alkanes of at least 4 members (excludes halogenated alkanes) is 1. The number of H-pyrrole nitrogens is 2. The molecule has 0 aliphatic heterocycles. The first-order valence-electron chi connectivity index (χ1n) is 10.2. The van der Waals surface area contributed by atoms with Gasteiger partial charge in [0.05, 0.1) is 11.4 Å². The Labute approximate surface area is 181 Å². The average molecular weight is 419 g/mol. The molecule has 0 aliphatic rings. The van der Waals surface area contributed by atoms with Crippen molar-refractivity contribution in [3.63, 3.8) is 0 Å². The van der Waals surface area contributed by atoms with Crippen molar-refractivity contribution in [3.05, 3.63) is 78.4 Å². The topological polar surface area (TPSA) is 77.6 Å². The molecule has 2 aromatic carbocycles. The third-order valence-corrected chi connectivity index (χ3v) is 5.90. The van der Waals surface area contributed by atoms with Crippen LogP contribution in [0, 0.1) is 6.92 Å². The first-order chi connectivity index (χ1) is 14.7. The summed E-state index contributed by atoms with van der Waals surface area (Å²) in [5.41, 5.74) is 5.24. The fourth-order valence-corrected chi connectivity index (χ4v) is 4.26. The van der Waals surface area contributed by atoms with Crippen LogP contribution in [-0.4, -0.2) is 30.8 Å². The summed E-state index contributed by atoms with van der Waals surface area (Å²) in [6.45, 7) is 1.94. The van der Waals surface area contributed by atoms with Crippen LogP contribution >= 0.6 is 11.8 Å². The van der Waals surface area contributed by atoms with E-state index < -0.39 is 6.10 Å². The number of aliphatic hydroxyl groups excluding tert-OH is 1. The number of hydrogen-bond acceptors (Lipinski definition) is 4. The molecule has 0 radical (unpaired) electrons. The normalized spacial score (nSPS) is 12.2. The average Bonchev–Trinajstić information content (AvgIpc) is 3.41. The van der Waals surface area contributed by atoms with Crippen LogP contribution in [0.25, 0.3) is 22.5 Å². The highest BCUT2D eigenvalue weighted by Gasteiger charge is 2.14. The number of hydrogen-bond donors (Lipinski definition) is 3. The van der Waals surface area contributed by atoms with Crippen molar-refractivity contribution in [2.45, 2.75) is 37.4 Å². The van der Waals surface area contributed by atoms with Gasteiger partial charge >= 0.3 is 0 Å². The zero-order valence-electron chi connectivity index (χ0n) is 17.0. The summed E-state index contributed by atoms with van der Waals surface area (Å²) < 4.78 is 0. The molecule has 0 fully saturated rings.